The van der Waals surface area contributed by atoms with Gasteiger partial charge in [-0.3, -0.25) is 29.6 Å². The van der Waals surface area contributed by atoms with Gasteiger partial charge in [0.05, 0.1) is 30.5 Å². The van der Waals surface area contributed by atoms with E-state index in [4.69, 9.17) is 4.65 Å². The molecule has 5 N–H and O–H groups in total. The van der Waals surface area contributed by atoms with Crippen LogP contribution in [0.2, 0.25) is 0 Å². The van der Waals surface area contributed by atoms with E-state index in [0.29, 0.717) is 10.5 Å². The van der Waals surface area contributed by atoms with Crippen LogP contribution in [0.1, 0.15) is 34.6 Å². The first-order valence-corrected chi connectivity index (χ1v) is 12.9. The minimum Gasteiger partial charge on any atom is -0.534 e. The number of piperazine rings is 1. The van der Waals surface area contributed by atoms with E-state index in [9.17, 15) is 38.9 Å². The molecule has 0 bridgehead atoms. The number of hydrogen-bond acceptors (Lipinski definition) is 10. The van der Waals surface area contributed by atoms with Crippen LogP contribution < -0.4 is 20.6 Å². The minimum atomic E-state index is -1.91. The number of benzene rings is 1. The summed E-state index contributed by atoms with van der Waals surface area (Å²) in [5, 5.41) is 26.8. The van der Waals surface area contributed by atoms with Gasteiger partial charge in [-0.2, -0.15) is 0 Å². The van der Waals surface area contributed by atoms with Crippen LogP contribution in [0.4, 0.5) is 19.7 Å². The van der Waals surface area contributed by atoms with Gasteiger partial charge in [-0.1, -0.05) is 12.1 Å². The number of urea groups is 1. The van der Waals surface area contributed by atoms with E-state index in [1.54, 1.807) is 6.92 Å². The summed E-state index contributed by atoms with van der Waals surface area (Å²) in [6.07, 6.45) is -0.0457. The van der Waals surface area contributed by atoms with Crippen molar-refractivity contribution in [3.05, 3.63) is 53.1 Å². The van der Waals surface area contributed by atoms with Crippen molar-refractivity contribution in [2.75, 3.05) is 32.1 Å². The number of amides is 6. The average molecular weight is 600 g/mol. The van der Waals surface area contributed by atoms with E-state index in [-0.39, 0.29) is 43.1 Å². The first kappa shape index (κ1) is 30.7. The fourth-order valence-electron chi connectivity index (χ4n) is 4.51. The number of carbonyl (C=O) groups excluding carboxylic acids is 5. The number of aromatic nitrogens is 1. The molecule has 16 nitrogen and oxygen atoms in total. The predicted molar refractivity (Wildman–Crippen MR) is 143 cm³/mol. The molecule has 3 heterocycles. The molecule has 18 heteroatoms. The van der Waals surface area contributed by atoms with Gasteiger partial charge in [0.15, 0.2) is 6.04 Å². The number of pyridine rings is 1. The van der Waals surface area contributed by atoms with Gasteiger partial charge in [-0.25, -0.2) is 18.8 Å². The Morgan fingerprint density at radius 1 is 1.23 bits per heavy atom. The van der Waals surface area contributed by atoms with E-state index in [0.717, 1.165) is 19.4 Å². The highest BCUT2D eigenvalue weighted by Crippen LogP contribution is 2.30. The normalized spacial score (nSPS) is 16.9. The number of carbonyl (C=O) groups is 6. The second-order valence-electron chi connectivity index (χ2n) is 9.36. The zero-order valence-electron chi connectivity index (χ0n) is 22.8. The molecule has 226 valence electrons. The molecule has 1 unspecified atom stereocenters. The largest absolute Gasteiger partial charge is 0.547 e. The number of likely N-dealkylation sites (N-methyl/N-ethyl adjacent to an activating group) is 1. The van der Waals surface area contributed by atoms with E-state index in [1.165, 1.54) is 23.1 Å². The Hall–Kier alpha value is -5.26. The molecule has 0 spiro atoms. The summed E-state index contributed by atoms with van der Waals surface area (Å²) in [7, 11) is -0.654. The Morgan fingerprint density at radius 3 is 2.63 bits per heavy atom. The molecule has 2 aliphatic heterocycles. The smallest absolute Gasteiger partial charge is 0.534 e. The van der Waals surface area contributed by atoms with Crippen molar-refractivity contribution in [3.8, 4) is 5.75 Å². The van der Waals surface area contributed by atoms with Gasteiger partial charge in [0.2, 0.25) is 5.91 Å². The Labute approximate surface area is 243 Å². The van der Waals surface area contributed by atoms with Crippen molar-refractivity contribution in [1.29, 1.82) is 0 Å². The number of para-hydroxylation sites is 1. The Bertz CT molecular complexity index is 1490. The Kier molecular flexibility index (Phi) is 9.08. The van der Waals surface area contributed by atoms with Gasteiger partial charge in [0.25, 0.3) is 0 Å². The van der Waals surface area contributed by atoms with Gasteiger partial charge in [-0.15, -0.1) is 0 Å². The third-order valence-corrected chi connectivity index (χ3v) is 6.72. The van der Waals surface area contributed by atoms with Crippen molar-refractivity contribution in [3.63, 3.8) is 0 Å². The average Bonchev–Trinajstić information content (AvgIpc) is 2.97. The van der Waals surface area contributed by atoms with Crippen LogP contribution in [0.25, 0.3) is 0 Å². The number of hydrogen-bond donors (Lipinski definition) is 5. The third kappa shape index (κ3) is 6.48. The lowest BCUT2D eigenvalue weighted by molar-refractivity contribution is -0.153. The van der Waals surface area contributed by atoms with Crippen molar-refractivity contribution in [2.24, 2.45) is 0 Å². The molecule has 6 amide bonds. The Balaban J connectivity index is 1.61. The molecule has 0 radical (unpaired) electrons. The molecule has 0 saturated carbocycles. The quantitative estimate of drug-likeness (QED) is 0.205. The number of anilines is 1. The third-order valence-electron chi connectivity index (χ3n) is 6.72. The number of fused-ring (bicyclic) bond motifs is 1. The second-order valence-corrected chi connectivity index (χ2v) is 9.36. The van der Waals surface area contributed by atoms with Gasteiger partial charge >= 0.3 is 37.0 Å². The summed E-state index contributed by atoms with van der Waals surface area (Å²) in [5.74, 6) is -6.91. The standard InChI is InChI=1S/C25H26BFN6O10/c1-3-32-7-8-33(22(36)21(32)35)24(39)31-18(17-15(27)10-13(11-28-17)29-25(40)42-2)20(34)30-16-9-12-5-4-6-14(23(37)38)19(12)43-26(16)41/h4-6,10-11,16,18,41H,3,7-9H2,1-2H3,(H,29,40)(H,30,34)(H,31,39)(H,37,38)/t16-,18?/m0/s1. The number of ether oxygens (including phenoxy) is 1. The maximum atomic E-state index is 15.3. The summed E-state index contributed by atoms with van der Waals surface area (Å²) < 4.78 is 25.1. The van der Waals surface area contributed by atoms with E-state index < -0.39 is 66.4 Å². The summed E-state index contributed by atoms with van der Waals surface area (Å²) in [6.45, 7) is 1.72. The lowest BCUT2D eigenvalue weighted by atomic mass is 9.72. The van der Waals surface area contributed by atoms with Gasteiger partial charge < -0.3 is 35.1 Å². The molecule has 1 aromatic carbocycles. The highest BCUT2D eigenvalue weighted by Gasteiger charge is 2.41. The number of nitrogens with one attached hydrogen (secondary N) is 3. The number of carboxylic acid groups (broad SMARTS) is 1. The molecule has 2 aromatic rings. The van der Waals surface area contributed by atoms with Crippen LogP contribution in [0.5, 0.6) is 5.75 Å². The Morgan fingerprint density at radius 2 is 1.98 bits per heavy atom. The summed E-state index contributed by atoms with van der Waals surface area (Å²) in [5.41, 5.74) is -0.638. The molecule has 1 saturated heterocycles. The lowest BCUT2D eigenvalue weighted by Crippen LogP contribution is -2.60. The predicted octanol–water partition coefficient (Wildman–Crippen LogP) is -0.322. The molecule has 2 atom stereocenters. The number of methoxy groups -OCH3 is 1. The minimum absolute atomic E-state index is 0.0369. The number of imide groups is 1. The topological polar surface area (TPSA) is 217 Å². The summed E-state index contributed by atoms with van der Waals surface area (Å²) in [4.78, 5) is 80.2. The summed E-state index contributed by atoms with van der Waals surface area (Å²) in [6, 6.07) is 1.96. The van der Waals surface area contributed by atoms with Crippen LogP contribution >= 0.6 is 0 Å². The van der Waals surface area contributed by atoms with Crippen molar-refractivity contribution < 1.29 is 52.7 Å². The number of aromatic carboxylic acids is 1. The fraction of sp³-hybridized carbons (Fsp3) is 0.320. The monoisotopic (exact) mass is 600 g/mol. The zero-order chi connectivity index (χ0) is 31.4. The van der Waals surface area contributed by atoms with Gasteiger partial charge in [0, 0.05) is 25.7 Å². The summed E-state index contributed by atoms with van der Waals surface area (Å²) >= 11 is 0. The molecule has 1 fully saturated rings. The fourth-order valence-corrected chi connectivity index (χ4v) is 4.51. The number of halogens is 1. The molecule has 2 aliphatic rings. The molecular weight excluding hydrogens is 574 g/mol. The van der Waals surface area contributed by atoms with Gasteiger partial charge in [0.1, 0.15) is 17.3 Å². The van der Waals surface area contributed by atoms with E-state index >= 15 is 4.39 Å². The van der Waals surface area contributed by atoms with E-state index in [1.807, 2.05) is 0 Å². The molecule has 0 aliphatic carbocycles. The SMILES string of the molecule is CCN1CCN(C(=O)NC(C(=O)N[C@H]2Cc3cccc(C(=O)O)c3OB2O)c2ncc(NC(=O)OC)cc2F)C(=O)C1=O. The number of nitrogens with zero attached hydrogens (tertiary/aromatic N) is 3. The van der Waals surface area contributed by atoms with Crippen LogP contribution in [0.3, 0.4) is 0 Å². The first-order chi connectivity index (χ1) is 20.4. The molecule has 1 aromatic heterocycles. The van der Waals surface area contributed by atoms with Crippen LogP contribution in [-0.4, -0.2) is 101 Å². The van der Waals surface area contributed by atoms with Crippen LogP contribution in [-0.2, 0) is 25.5 Å². The molecule has 43 heavy (non-hydrogen) atoms. The second kappa shape index (κ2) is 12.7. The molecule has 4 rings (SSSR count). The van der Waals surface area contributed by atoms with Gasteiger partial charge in [-0.05, 0) is 25.0 Å². The van der Waals surface area contributed by atoms with Crippen LogP contribution in [0, 0.1) is 5.82 Å². The van der Waals surface area contributed by atoms with Crippen molar-refractivity contribution in [1.82, 2.24) is 25.4 Å². The van der Waals surface area contributed by atoms with Crippen molar-refractivity contribution >= 4 is 48.6 Å². The van der Waals surface area contributed by atoms with E-state index in [2.05, 4.69) is 25.7 Å². The molecular formula is C25H26BFN6O10. The maximum Gasteiger partial charge on any atom is 0.547 e. The number of carboxylic acids is 1. The highest BCUT2D eigenvalue weighted by molar-refractivity contribution is 6.47. The van der Waals surface area contributed by atoms with Crippen LogP contribution in [0.15, 0.2) is 30.5 Å². The highest BCUT2D eigenvalue weighted by atomic mass is 19.1. The lowest BCUT2D eigenvalue weighted by Gasteiger charge is -2.33. The first-order valence-electron chi connectivity index (χ1n) is 12.9. The number of rotatable bonds is 7. The maximum absolute atomic E-state index is 15.3. The van der Waals surface area contributed by atoms with Crippen molar-refractivity contribution in [2.45, 2.75) is 25.3 Å². The zero-order valence-corrected chi connectivity index (χ0v) is 22.8.